The lowest BCUT2D eigenvalue weighted by Crippen LogP contribution is -2.34. The maximum atomic E-state index is 12.3. The Morgan fingerprint density at radius 2 is 1.88 bits per heavy atom. The summed E-state index contributed by atoms with van der Waals surface area (Å²) >= 11 is 0. The number of hydrogen-bond acceptors (Lipinski definition) is 4. The Morgan fingerprint density at radius 1 is 1.17 bits per heavy atom. The number of anilines is 1. The Kier molecular flexibility index (Phi) is 6.29. The van der Waals surface area contributed by atoms with Gasteiger partial charge in [0.15, 0.2) is 0 Å². The van der Waals surface area contributed by atoms with E-state index < -0.39 is 0 Å². The summed E-state index contributed by atoms with van der Waals surface area (Å²) in [6.07, 6.45) is 2.34. The molecule has 0 spiro atoms. The van der Waals surface area contributed by atoms with Gasteiger partial charge in [-0.3, -0.25) is 4.79 Å². The number of nitrogens with zero attached hydrogens (tertiary/aromatic N) is 3. The minimum Gasteiger partial charge on any atom is -0.350 e. The molecule has 5 heteroatoms. The van der Waals surface area contributed by atoms with Crippen molar-refractivity contribution in [3.05, 3.63) is 54.0 Å². The van der Waals surface area contributed by atoms with Crippen LogP contribution in [0.2, 0.25) is 0 Å². The zero-order valence-electron chi connectivity index (χ0n) is 14.9. The standard InChI is InChI=1S/C19H26N4O/c1-5-15(4)22-19(24)17-11-18(21-13-20-17)23(14(2)3)12-16-9-7-6-8-10-16/h6-11,13-15H,5,12H2,1-4H3,(H,22,24). The lowest BCUT2D eigenvalue weighted by molar-refractivity contribution is 0.0934. The Balaban J connectivity index is 2.21. The van der Waals surface area contributed by atoms with E-state index in [0.29, 0.717) is 5.69 Å². The summed E-state index contributed by atoms with van der Waals surface area (Å²) in [5, 5.41) is 2.94. The summed E-state index contributed by atoms with van der Waals surface area (Å²) < 4.78 is 0. The van der Waals surface area contributed by atoms with E-state index in [1.807, 2.05) is 32.0 Å². The van der Waals surface area contributed by atoms with Crippen molar-refractivity contribution in [2.45, 2.75) is 52.7 Å². The molecule has 0 saturated carbocycles. The number of rotatable bonds is 7. The van der Waals surface area contributed by atoms with Crippen LogP contribution in [-0.2, 0) is 6.54 Å². The molecule has 2 rings (SSSR count). The van der Waals surface area contributed by atoms with Crippen molar-refractivity contribution in [1.82, 2.24) is 15.3 Å². The largest absolute Gasteiger partial charge is 0.350 e. The van der Waals surface area contributed by atoms with Crippen LogP contribution in [0.1, 0.15) is 50.2 Å². The van der Waals surface area contributed by atoms with E-state index in [2.05, 4.69) is 46.2 Å². The van der Waals surface area contributed by atoms with Crippen LogP contribution in [0.25, 0.3) is 0 Å². The number of nitrogens with one attached hydrogen (secondary N) is 1. The van der Waals surface area contributed by atoms with Gasteiger partial charge in [-0.2, -0.15) is 0 Å². The second-order valence-electron chi connectivity index (χ2n) is 6.25. The third kappa shape index (κ3) is 4.78. The number of benzene rings is 1. The molecule has 0 aliphatic rings. The predicted molar refractivity (Wildman–Crippen MR) is 97.0 cm³/mol. The molecule has 0 aliphatic carbocycles. The molecule has 128 valence electrons. The molecule has 1 N–H and O–H groups in total. The molecule has 5 nitrogen and oxygen atoms in total. The van der Waals surface area contributed by atoms with Gasteiger partial charge in [-0.05, 0) is 32.8 Å². The highest BCUT2D eigenvalue weighted by Crippen LogP contribution is 2.18. The van der Waals surface area contributed by atoms with Gasteiger partial charge in [-0.25, -0.2) is 9.97 Å². The smallest absolute Gasteiger partial charge is 0.270 e. The maximum absolute atomic E-state index is 12.3. The van der Waals surface area contributed by atoms with Gasteiger partial charge in [-0.1, -0.05) is 37.3 Å². The van der Waals surface area contributed by atoms with E-state index in [4.69, 9.17) is 0 Å². The molecule has 0 radical (unpaired) electrons. The Morgan fingerprint density at radius 3 is 2.50 bits per heavy atom. The highest BCUT2D eigenvalue weighted by Gasteiger charge is 2.16. The van der Waals surface area contributed by atoms with E-state index in [9.17, 15) is 4.79 Å². The minimum absolute atomic E-state index is 0.126. The average molecular weight is 326 g/mol. The molecule has 1 unspecified atom stereocenters. The third-order valence-electron chi connectivity index (χ3n) is 3.99. The molecule has 1 amide bonds. The van der Waals surface area contributed by atoms with Crippen molar-refractivity contribution in [2.24, 2.45) is 0 Å². The van der Waals surface area contributed by atoms with Crippen molar-refractivity contribution in [3.63, 3.8) is 0 Å². The molecule has 1 heterocycles. The lowest BCUT2D eigenvalue weighted by Gasteiger charge is -2.28. The van der Waals surface area contributed by atoms with E-state index in [-0.39, 0.29) is 18.0 Å². The van der Waals surface area contributed by atoms with Gasteiger partial charge in [-0.15, -0.1) is 0 Å². The number of hydrogen-bond donors (Lipinski definition) is 1. The van der Waals surface area contributed by atoms with E-state index >= 15 is 0 Å². The summed E-state index contributed by atoms with van der Waals surface area (Å²) in [5.41, 5.74) is 1.61. The highest BCUT2D eigenvalue weighted by molar-refractivity contribution is 5.93. The first-order valence-electron chi connectivity index (χ1n) is 8.44. The van der Waals surface area contributed by atoms with Gasteiger partial charge in [0.2, 0.25) is 0 Å². The van der Waals surface area contributed by atoms with Crippen LogP contribution in [0.3, 0.4) is 0 Å². The van der Waals surface area contributed by atoms with Crippen LogP contribution in [0.5, 0.6) is 0 Å². The van der Waals surface area contributed by atoms with Crippen LogP contribution in [0, 0.1) is 0 Å². The summed E-state index contributed by atoms with van der Waals surface area (Å²) in [5.74, 6) is 0.606. The fourth-order valence-electron chi connectivity index (χ4n) is 2.34. The lowest BCUT2D eigenvalue weighted by atomic mass is 10.2. The zero-order valence-corrected chi connectivity index (χ0v) is 14.9. The second kappa shape index (κ2) is 8.43. The predicted octanol–water partition coefficient (Wildman–Crippen LogP) is 3.42. The summed E-state index contributed by atoms with van der Waals surface area (Å²) in [4.78, 5) is 23.0. The van der Waals surface area contributed by atoms with Gasteiger partial charge in [0.05, 0.1) is 0 Å². The van der Waals surface area contributed by atoms with E-state index in [1.165, 1.54) is 11.9 Å². The molecule has 1 atom stereocenters. The van der Waals surface area contributed by atoms with Crippen LogP contribution in [0.4, 0.5) is 5.82 Å². The van der Waals surface area contributed by atoms with Crippen molar-refractivity contribution in [2.75, 3.05) is 4.90 Å². The van der Waals surface area contributed by atoms with Crippen molar-refractivity contribution < 1.29 is 4.79 Å². The fourth-order valence-corrected chi connectivity index (χ4v) is 2.34. The van der Waals surface area contributed by atoms with Gasteiger partial charge in [0.1, 0.15) is 17.8 Å². The van der Waals surface area contributed by atoms with Crippen LogP contribution in [0.15, 0.2) is 42.7 Å². The van der Waals surface area contributed by atoms with Gasteiger partial charge >= 0.3 is 0 Å². The first-order valence-corrected chi connectivity index (χ1v) is 8.44. The van der Waals surface area contributed by atoms with Gasteiger partial charge in [0.25, 0.3) is 5.91 Å². The fraction of sp³-hybridized carbons (Fsp3) is 0.421. The van der Waals surface area contributed by atoms with Crippen molar-refractivity contribution in [3.8, 4) is 0 Å². The van der Waals surface area contributed by atoms with Gasteiger partial charge < -0.3 is 10.2 Å². The van der Waals surface area contributed by atoms with Crippen molar-refractivity contribution >= 4 is 11.7 Å². The third-order valence-corrected chi connectivity index (χ3v) is 3.99. The van der Waals surface area contributed by atoms with E-state index in [0.717, 1.165) is 18.8 Å². The maximum Gasteiger partial charge on any atom is 0.270 e. The highest BCUT2D eigenvalue weighted by atomic mass is 16.1. The number of amides is 1. The SMILES string of the molecule is CCC(C)NC(=O)c1cc(N(Cc2ccccc2)C(C)C)ncn1. The first kappa shape index (κ1) is 17.9. The quantitative estimate of drug-likeness (QED) is 0.847. The summed E-state index contributed by atoms with van der Waals surface area (Å²) in [6.45, 7) is 8.99. The molecule has 1 aromatic carbocycles. The first-order chi connectivity index (χ1) is 11.5. The molecular formula is C19H26N4O. The molecular weight excluding hydrogens is 300 g/mol. The minimum atomic E-state index is -0.156. The summed E-state index contributed by atoms with van der Waals surface area (Å²) in [6, 6.07) is 12.4. The molecule has 0 fully saturated rings. The number of carbonyl (C=O) groups is 1. The zero-order chi connectivity index (χ0) is 17.5. The molecule has 0 saturated heterocycles. The molecule has 2 aromatic rings. The normalized spacial score (nSPS) is 12.0. The Labute approximate surface area is 144 Å². The van der Waals surface area contributed by atoms with Crippen LogP contribution < -0.4 is 10.2 Å². The molecule has 0 aliphatic heterocycles. The Hall–Kier alpha value is -2.43. The monoisotopic (exact) mass is 326 g/mol. The topological polar surface area (TPSA) is 58.1 Å². The average Bonchev–Trinajstić information content (AvgIpc) is 2.60. The van der Waals surface area contributed by atoms with Crippen LogP contribution >= 0.6 is 0 Å². The molecule has 0 bridgehead atoms. The van der Waals surface area contributed by atoms with Crippen molar-refractivity contribution in [1.29, 1.82) is 0 Å². The number of carbonyl (C=O) groups excluding carboxylic acids is 1. The van der Waals surface area contributed by atoms with Crippen LogP contribution in [-0.4, -0.2) is 28.0 Å². The Bertz CT molecular complexity index is 657. The summed E-state index contributed by atoms with van der Waals surface area (Å²) in [7, 11) is 0. The van der Waals surface area contributed by atoms with E-state index in [1.54, 1.807) is 6.07 Å². The second-order valence-corrected chi connectivity index (χ2v) is 6.25. The number of aromatic nitrogens is 2. The molecule has 24 heavy (non-hydrogen) atoms. The molecule has 1 aromatic heterocycles. The van der Waals surface area contributed by atoms with Gasteiger partial charge in [0, 0.05) is 24.7 Å².